The minimum atomic E-state index is -4.04. The van der Waals surface area contributed by atoms with Crippen molar-refractivity contribution in [1.82, 2.24) is 0 Å². The van der Waals surface area contributed by atoms with Gasteiger partial charge in [0.25, 0.3) is 10.0 Å². The summed E-state index contributed by atoms with van der Waals surface area (Å²) in [6.45, 7) is 1.34. The van der Waals surface area contributed by atoms with Gasteiger partial charge in [-0.2, -0.15) is 0 Å². The van der Waals surface area contributed by atoms with Crippen LogP contribution < -0.4 is 14.4 Å². The molecule has 162 valence electrons. The maximum atomic E-state index is 13.4. The molecule has 6 nitrogen and oxygen atoms in total. The van der Waals surface area contributed by atoms with Gasteiger partial charge >= 0.3 is 0 Å². The van der Waals surface area contributed by atoms with Crippen molar-refractivity contribution < 1.29 is 17.9 Å². The molecule has 0 radical (unpaired) electrons. The van der Waals surface area contributed by atoms with Crippen molar-refractivity contribution in [3.8, 4) is 5.75 Å². The fourth-order valence-electron chi connectivity index (χ4n) is 2.93. The number of hydrogen-bond acceptors (Lipinski definition) is 4. The number of anilines is 2. The average Bonchev–Trinajstić information content (AvgIpc) is 2.74. The number of amides is 1. The summed E-state index contributed by atoms with van der Waals surface area (Å²) in [5.41, 5.74) is 1.53. The quantitative estimate of drug-likeness (QED) is 0.509. The molecule has 0 atom stereocenters. The summed E-state index contributed by atoms with van der Waals surface area (Å²) in [5.74, 6) is -0.124. The van der Waals surface area contributed by atoms with E-state index >= 15 is 0 Å². The molecule has 0 aliphatic rings. The molecule has 1 amide bonds. The molecule has 0 saturated heterocycles. The Morgan fingerprint density at radius 2 is 1.74 bits per heavy atom. The molecule has 0 saturated carbocycles. The maximum absolute atomic E-state index is 13.4. The van der Waals surface area contributed by atoms with Crippen molar-refractivity contribution in [2.45, 2.75) is 11.8 Å². The van der Waals surface area contributed by atoms with Crippen LogP contribution in [0.3, 0.4) is 0 Å². The van der Waals surface area contributed by atoms with E-state index in [1.165, 1.54) is 31.4 Å². The van der Waals surface area contributed by atoms with Gasteiger partial charge in [0.2, 0.25) is 5.91 Å². The number of nitrogens with zero attached hydrogens (tertiary/aromatic N) is 1. The number of nitrogens with one attached hydrogen (secondary N) is 1. The van der Waals surface area contributed by atoms with Crippen LogP contribution in [0.25, 0.3) is 0 Å². The van der Waals surface area contributed by atoms with Gasteiger partial charge in [-0.15, -0.1) is 0 Å². The van der Waals surface area contributed by atoms with Gasteiger partial charge in [-0.1, -0.05) is 41.4 Å². The molecule has 0 aliphatic carbocycles. The number of hydrogen-bond donors (Lipinski definition) is 1. The number of halogens is 2. The van der Waals surface area contributed by atoms with Crippen molar-refractivity contribution in [1.29, 1.82) is 0 Å². The van der Waals surface area contributed by atoms with E-state index in [1.54, 1.807) is 49.4 Å². The third-order valence-electron chi connectivity index (χ3n) is 4.50. The lowest BCUT2D eigenvalue weighted by atomic mass is 10.2. The maximum Gasteiger partial charge on any atom is 0.264 e. The summed E-state index contributed by atoms with van der Waals surface area (Å²) in [6.07, 6.45) is 0. The van der Waals surface area contributed by atoms with Gasteiger partial charge in [0, 0.05) is 10.7 Å². The first kappa shape index (κ1) is 22.9. The fourth-order valence-corrected chi connectivity index (χ4v) is 4.85. The number of carbonyl (C=O) groups is 1. The second-order valence-electron chi connectivity index (χ2n) is 6.65. The van der Waals surface area contributed by atoms with Crippen LogP contribution in [-0.2, 0) is 14.8 Å². The van der Waals surface area contributed by atoms with Crippen molar-refractivity contribution in [3.05, 3.63) is 82.3 Å². The molecule has 0 spiro atoms. The molecule has 0 aromatic heterocycles. The summed E-state index contributed by atoms with van der Waals surface area (Å²) in [4.78, 5) is 12.9. The van der Waals surface area contributed by atoms with Crippen molar-refractivity contribution in [2.75, 3.05) is 23.3 Å². The van der Waals surface area contributed by atoms with Gasteiger partial charge in [0.05, 0.1) is 22.7 Å². The molecular formula is C22H20Cl2N2O4S. The minimum absolute atomic E-state index is 0.0532. The highest BCUT2D eigenvalue weighted by Crippen LogP contribution is 2.32. The van der Waals surface area contributed by atoms with Crippen molar-refractivity contribution in [2.24, 2.45) is 0 Å². The molecular weight excluding hydrogens is 459 g/mol. The SMILES string of the molecule is COc1ccc(N(CC(=O)Nc2ccc(Cl)cc2C)S(=O)(=O)c2ccccc2)cc1Cl. The molecule has 0 heterocycles. The summed E-state index contributed by atoms with van der Waals surface area (Å²) in [7, 11) is -2.58. The van der Waals surface area contributed by atoms with E-state index in [1.807, 2.05) is 0 Å². The van der Waals surface area contributed by atoms with Crippen LogP contribution in [0.5, 0.6) is 5.75 Å². The first-order valence-electron chi connectivity index (χ1n) is 9.19. The van der Waals surface area contributed by atoms with Gasteiger partial charge in [0.1, 0.15) is 12.3 Å². The van der Waals surface area contributed by atoms with E-state index < -0.39 is 22.5 Å². The van der Waals surface area contributed by atoms with E-state index in [4.69, 9.17) is 27.9 Å². The smallest absolute Gasteiger partial charge is 0.264 e. The van der Waals surface area contributed by atoms with Crippen LogP contribution in [0.15, 0.2) is 71.6 Å². The highest BCUT2D eigenvalue weighted by Gasteiger charge is 2.28. The van der Waals surface area contributed by atoms with Gasteiger partial charge in [-0.05, 0) is 61.0 Å². The van der Waals surface area contributed by atoms with Gasteiger partial charge in [-0.3, -0.25) is 9.10 Å². The topological polar surface area (TPSA) is 75.7 Å². The Hall–Kier alpha value is -2.74. The lowest BCUT2D eigenvalue weighted by Crippen LogP contribution is -2.38. The van der Waals surface area contributed by atoms with Crippen LogP contribution in [0, 0.1) is 6.92 Å². The lowest BCUT2D eigenvalue weighted by Gasteiger charge is -2.25. The van der Waals surface area contributed by atoms with Crippen molar-refractivity contribution >= 4 is 50.5 Å². The Morgan fingerprint density at radius 3 is 2.35 bits per heavy atom. The zero-order chi connectivity index (χ0) is 22.6. The Balaban J connectivity index is 1.97. The van der Waals surface area contributed by atoms with E-state index in [0.29, 0.717) is 16.5 Å². The van der Waals surface area contributed by atoms with E-state index in [-0.39, 0.29) is 15.6 Å². The van der Waals surface area contributed by atoms with Gasteiger partial charge in [-0.25, -0.2) is 8.42 Å². The van der Waals surface area contributed by atoms with Gasteiger partial charge < -0.3 is 10.1 Å². The Kier molecular flexibility index (Phi) is 7.10. The third-order valence-corrected chi connectivity index (χ3v) is 6.82. The van der Waals surface area contributed by atoms with Crippen molar-refractivity contribution in [3.63, 3.8) is 0 Å². The predicted molar refractivity (Wildman–Crippen MR) is 124 cm³/mol. The molecule has 31 heavy (non-hydrogen) atoms. The summed E-state index contributed by atoms with van der Waals surface area (Å²) < 4.78 is 32.9. The summed E-state index contributed by atoms with van der Waals surface area (Å²) in [5, 5.41) is 3.50. The molecule has 3 aromatic carbocycles. The zero-order valence-electron chi connectivity index (χ0n) is 16.8. The fraction of sp³-hybridized carbons (Fsp3) is 0.136. The first-order chi connectivity index (χ1) is 14.7. The van der Waals surface area contributed by atoms with Crippen LogP contribution in [0.4, 0.5) is 11.4 Å². The van der Waals surface area contributed by atoms with Gasteiger partial charge in [0.15, 0.2) is 0 Å². The molecule has 0 aliphatic heterocycles. The molecule has 3 rings (SSSR count). The standard InChI is InChI=1S/C22H20Cl2N2O4S/c1-15-12-16(23)8-10-20(15)25-22(27)14-26(17-9-11-21(30-2)19(24)13-17)31(28,29)18-6-4-3-5-7-18/h3-13H,14H2,1-2H3,(H,25,27). The second-order valence-corrected chi connectivity index (χ2v) is 9.36. The normalized spacial score (nSPS) is 11.1. The zero-order valence-corrected chi connectivity index (χ0v) is 19.1. The van der Waals surface area contributed by atoms with E-state index in [0.717, 1.165) is 9.87 Å². The second kappa shape index (κ2) is 9.60. The summed E-state index contributed by atoms with van der Waals surface area (Å²) in [6, 6.07) is 17.4. The number of benzene rings is 3. The third kappa shape index (κ3) is 5.31. The number of methoxy groups -OCH3 is 1. The largest absolute Gasteiger partial charge is 0.495 e. The monoisotopic (exact) mass is 478 g/mol. The Labute approximate surface area is 191 Å². The number of sulfonamides is 1. The molecule has 1 N–H and O–H groups in total. The van der Waals surface area contributed by atoms with Crippen LogP contribution in [-0.4, -0.2) is 28.0 Å². The molecule has 0 unspecified atom stereocenters. The van der Waals surface area contributed by atoms with Crippen LogP contribution in [0.2, 0.25) is 10.0 Å². The first-order valence-corrected chi connectivity index (χ1v) is 11.4. The predicted octanol–water partition coefficient (Wildman–Crippen LogP) is 5.14. The average molecular weight is 479 g/mol. The molecule has 3 aromatic rings. The number of aryl methyl sites for hydroxylation is 1. The molecule has 9 heteroatoms. The lowest BCUT2D eigenvalue weighted by molar-refractivity contribution is -0.114. The van der Waals surface area contributed by atoms with E-state index in [2.05, 4.69) is 5.32 Å². The number of carbonyl (C=O) groups excluding carboxylic acids is 1. The summed E-state index contributed by atoms with van der Waals surface area (Å²) >= 11 is 12.2. The Morgan fingerprint density at radius 1 is 1.03 bits per heavy atom. The van der Waals surface area contributed by atoms with Crippen LogP contribution >= 0.6 is 23.2 Å². The number of ether oxygens (including phenoxy) is 1. The van der Waals surface area contributed by atoms with Crippen LogP contribution in [0.1, 0.15) is 5.56 Å². The number of rotatable bonds is 7. The molecule has 0 bridgehead atoms. The Bertz CT molecular complexity index is 1200. The minimum Gasteiger partial charge on any atom is -0.495 e. The highest BCUT2D eigenvalue weighted by atomic mass is 35.5. The molecule has 0 fully saturated rings. The highest BCUT2D eigenvalue weighted by molar-refractivity contribution is 7.92. The van der Waals surface area contributed by atoms with E-state index in [9.17, 15) is 13.2 Å².